The molecule has 0 radical (unpaired) electrons. The summed E-state index contributed by atoms with van der Waals surface area (Å²) in [4.78, 5) is 2.62. The van der Waals surface area contributed by atoms with Gasteiger partial charge >= 0.3 is 0 Å². The van der Waals surface area contributed by atoms with Crippen LogP contribution in [0.3, 0.4) is 0 Å². The van der Waals surface area contributed by atoms with Crippen molar-refractivity contribution in [2.24, 2.45) is 0 Å². The molecule has 0 spiro atoms. The van der Waals surface area contributed by atoms with Gasteiger partial charge in [-0.2, -0.15) is 0 Å². The van der Waals surface area contributed by atoms with Gasteiger partial charge in [-0.1, -0.05) is 28.9 Å². The largest absolute Gasteiger partial charge is 0.366 e. The molecule has 1 aliphatic heterocycles. The third kappa shape index (κ3) is 2.72. The van der Waals surface area contributed by atoms with E-state index < -0.39 is 0 Å². The third-order valence-corrected chi connectivity index (χ3v) is 4.44. The molecule has 0 saturated carbocycles. The molecule has 2 nitrogen and oxygen atoms in total. The Kier molecular flexibility index (Phi) is 4.68. The lowest BCUT2D eigenvalue weighted by Crippen LogP contribution is -2.35. The van der Waals surface area contributed by atoms with E-state index in [1.165, 1.54) is 35.0 Å². The number of nitrogens with zero attached hydrogens (tertiary/aromatic N) is 1. The van der Waals surface area contributed by atoms with Gasteiger partial charge in [0.15, 0.2) is 0 Å². The normalized spacial score (nSPS) is 23.7. The van der Waals surface area contributed by atoms with E-state index in [1.54, 1.807) is 0 Å². The molecule has 1 saturated heterocycles. The zero-order valence-corrected chi connectivity index (χ0v) is 13.1. The van der Waals surface area contributed by atoms with Crippen molar-refractivity contribution in [1.82, 2.24) is 5.32 Å². The zero-order valence-electron chi connectivity index (χ0n) is 11.5. The number of hydrogen-bond acceptors (Lipinski definition) is 2. The molecule has 100 valence electrons. The minimum atomic E-state index is 0.653. The Bertz CT molecular complexity index is 405. The van der Waals surface area contributed by atoms with Gasteiger partial charge in [-0.05, 0) is 50.9 Å². The van der Waals surface area contributed by atoms with Crippen LogP contribution in [0.15, 0.2) is 22.7 Å². The van der Waals surface area contributed by atoms with Gasteiger partial charge in [0.1, 0.15) is 0 Å². The lowest BCUT2D eigenvalue weighted by atomic mass is 10.1. The van der Waals surface area contributed by atoms with Gasteiger partial charge in [0.05, 0.1) is 0 Å². The van der Waals surface area contributed by atoms with Crippen molar-refractivity contribution in [2.75, 3.05) is 11.9 Å². The molecule has 1 heterocycles. The highest BCUT2D eigenvalue weighted by Gasteiger charge is 2.30. The molecule has 2 atom stereocenters. The molecule has 2 unspecified atom stereocenters. The third-order valence-electron chi connectivity index (χ3n) is 3.95. The maximum atomic E-state index is 3.61. The molecule has 0 amide bonds. The maximum Gasteiger partial charge on any atom is 0.0428 e. The van der Waals surface area contributed by atoms with Crippen LogP contribution in [-0.4, -0.2) is 19.1 Å². The minimum Gasteiger partial charge on any atom is -0.366 e. The topological polar surface area (TPSA) is 15.3 Å². The van der Waals surface area contributed by atoms with Crippen LogP contribution < -0.4 is 10.2 Å². The van der Waals surface area contributed by atoms with Crippen molar-refractivity contribution in [2.45, 2.75) is 51.7 Å². The average Bonchev–Trinajstić information content (AvgIpc) is 2.73. The molecule has 1 fully saturated rings. The lowest BCUT2D eigenvalue weighted by molar-refractivity contribution is 0.623. The molecule has 2 rings (SSSR count). The Balaban J connectivity index is 2.38. The quantitative estimate of drug-likeness (QED) is 0.906. The first-order valence-electron chi connectivity index (χ1n) is 6.88. The molecule has 0 bridgehead atoms. The highest BCUT2D eigenvalue weighted by molar-refractivity contribution is 9.10. The Labute approximate surface area is 119 Å². The van der Waals surface area contributed by atoms with Crippen LogP contribution in [0.5, 0.6) is 0 Å². The highest BCUT2D eigenvalue weighted by Crippen LogP contribution is 2.35. The van der Waals surface area contributed by atoms with Crippen molar-refractivity contribution in [3.63, 3.8) is 0 Å². The standard InChI is InChI=1S/C15H23BrN2/c1-4-14-8-5-11(2)18(14)15-9-13(16)7-6-12(15)10-17-3/h6-7,9,11,14,17H,4-5,8,10H2,1-3H3. The van der Waals surface area contributed by atoms with E-state index >= 15 is 0 Å². The number of benzene rings is 1. The number of anilines is 1. The first-order valence-corrected chi connectivity index (χ1v) is 7.68. The van der Waals surface area contributed by atoms with E-state index in [9.17, 15) is 0 Å². The first kappa shape index (κ1) is 13.9. The summed E-state index contributed by atoms with van der Waals surface area (Å²) in [5.41, 5.74) is 2.79. The lowest BCUT2D eigenvalue weighted by Gasteiger charge is -2.32. The van der Waals surface area contributed by atoms with E-state index in [4.69, 9.17) is 0 Å². The van der Waals surface area contributed by atoms with Crippen LogP contribution >= 0.6 is 15.9 Å². The van der Waals surface area contributed by atoms with Crippen molar-refractivity contribution in [3.8, 4) is 0 Å². The van der Waals surface area contributed by atoms with Crippen molar-refractivity contribution < 1.29 is 0 Å². The van der Waals surface area contributed by atoms with Gasteiger partial charge in [0.2, 0.25) is 0 Å². The minimum absolute atomic E-state index is 0.653. The van der Waals surface area contributed by atoms with Gasteiger partial charge in [0.25, 0.3) is 0 Å². The van der Waals surface area contributed by atoms with E-state index in [-0.39, 0.29) is 0 Å². The van der Waals surface area contributed by atoms with Crippen LogP contribution in [0, 0.1) is 0 Å². The van der Waals surface area contributed by atoms with Crippen LogP contribution in [0.4, 0.5) is 5.69 Å². The second-order valence-corrected chi connectivity index (χ2v) is 6.11. The van der Waals surface area contributed by atoms with Crippen LogP contribution in [0.1, 0.15) is 38.7 Å². The first-order chi connectivity index (χ1) is 8.67. The summed E-state index contributed by atoms with van der Waals surface area (Å²) in [5, 5.41) is 3.27. The van der Waals surface area contributed by atoms with E-state index in [1.807, 2.05) is 7.05 Å². The van der Waals surface area contributed by atoms with Gasteiger partial charge in [-0.3, -0.25) is 0 Å². The molecule has 3 heteroatoms. The zero-order chi connectivity index (χ0) is 13.1. The Morgan fingerprint density at radius 3 is 2.83 bits per heavy atom. The molecular formula is C15H23BrN2. The molecule has 18 heavy (non-hydrogen) atoms. The maximum absolute atomic E-state index is 3.61. The van der Waals surface area contributed by atoms with Crippen LogP contribution in [-0.2, 0) is 6.54 Å². The molecule has 1 aromatic rings. The summed E-state index contributed by atoms with van der Waals surface area (Å²) in [6.07, 6.45) is 3.86. The van der Waals surface area contributed by atoms with Gasteiger partial charge < -0.3 is 10.2 Å². The number of halogens is 1. The fourth-order valence-corrected chi connectivity index (χ4v) is 3.37. The average molecular weight is 311 g/mol. The summed E-state index contributed by atoms with van der Waals surface area (Å²) in [6, 6.07) is 7.99. The fourth-order valence-electron chi connectivity index (χ4n) is 3.02. The van der Waals surface area contributed by atoms with Crippen LogP contribution in [0.25, 0.3) is 0 Å². The van der Waals surface area contributed by atoms with E-state index in [0.29, 0.717) is 12.1 Å². The summed E-state index contributed by atoms with van der Waals surface area (Å²) in [7, 11) is 2.01. The van der Waals surface area contributed by atoms with Gasteiger partial charge in [-0.15, -0.1) is 0 Å². The predicted molar refractivity (Wildman–Crippen MR) is 82.2 cm³/mol. The van der Waals surface area contributed by atoms with Gasteiger partial charge in [-0.25, -0.2) is 0 Å². The molecular weight excluding hydrogens is 288 g/mol. The van der Waals surface area contributed by atoms with Crippen LogP contribution in [0.2, 0.25) is 0 Å². The van der Waals surface area contributed by atoms with E-state index in [2.05, 4.69) is 58.2 Å². The summed E-state index contributed by atoms with van der Waals surface area (Å²) in [6.45, 7) is 5.58. The summed E-state index contributed by atoms with van der Waals surface area (Å²) < 4.78 is 1.17. The number of nitrogens with one attached hydrogen (secondary N) is 1. The van der Waals surface area contributed by atoms with Gasteiger partial charge in [0, 0.05) is 28.8 Å². The molecule has 0 aromatic heterocycles. The molecule has 1 aromatic carbocycles. The Morgan fingerprint density at radius 1 is 1.39 bits per heavy atom. The summed E-state index contributed by atoms with van der Waals surface area (Å²) >= 11 is 3.61. The second-order valence-electron chi connectivity index (χ2n) is 5.20. The summed E-state index contributed by atoms with van der Waals surface area (Å²) in [5.74, 6) is 0. The predicted octanol–water partition coefficient (Wildman–Crippen LogP) is 3.94. The Hall–Kier alpha value is -0.540. The second kappa shape index (κ2) is 6.07. The van der Waals surface area contributed by atoms with E-state index in [0.717, 1.165) is 6.54 Å². The molecule has 0 aliphatic carbocycles. The fraction of sp³-hybridized carbons (Fsp3) is 0.600. The SMILES string of the molecule is CCC1CCC(C)N1c1cc(Br)ccc1CNC. The molecule has 1 aliphatic rings. The number of hydrogen-bond donors (Lipinski definition) is 1. The smallest absolute Gasteiger partial charge is 0.0428 e. The monoisotopic (exact) mass is 310 g/mol. The van der Waals surface area contributed by atoms with Crippen molar-refractivity contribution in [1.29, 1.82) is 0 Å². The Morgan fingerprint density at radius 2 is 2.17 bits per heavy atom. The van der Waals surface area contributed by atoms with Crippen molar-refractivity contribution in [3.05, 3.63) is 28.2 Å². The molecule has 1 N–H and O–H groups in total. The van der Waals surface area contributed by atoms with Crippen molar-refractivity contribution >= 4 is 21.6 Å². The highest BCUT2D eigenvalue weighted by atomic mass is 79.9. The number of rotatable bonds is 4.